The highest BCUT2D eigenvalue weighted by molar-refractivity contribution is 5.94. The van der Waals surface area contributed by atoms with Gasteiger partial charge in [-0.25, -0.2) is 0 Å². The van der Waals surface area contributed by atoms with Gasteiger partial charge in [0, 0.05) is 43.2 Å². The van der Waals surface area contributed by atoms with Gasteiger partial charge in [-0.3, -0.25) is 19.9 Å². The third kappa shape index (κ3) is 4.64. The number of non-ortho nitro benzene ring substituents is 1. The van der Waals surface area contributed by atoms with Gasteiger partial charge in [-0.05, 0) is 43.2 Å². The third-order valence-corrected chi connectivity index (χ3v) is 5.39. The Morgan fingerprint density at radius 1 is 1.19 bits per heavy atom. The van der Waals surface area contributed by atoms with E-state index in [1.807, 2.05) is 29.2 Å². The minimum atomic E-state index is -0.508. The molecule has 3 heterocycles. The number of hydrogen-bond acceptors (Lipinski definition) is 8. The Hall–Kier alpha value is -4.08. The molecule has 32 heavy (non-hydrogen) atoms. The number of carbonyl (C=O) groups excluding carboxylic acids is 1. The summed E-state index contributed by atoms with van der Waals surface area (Å²) in [6, 6.07) is 11.6. The topological polar surface area (TPSA) is 123 Å². The van der Waals surface area contributed by atoms with E-state index in [9.17, 15) is 14.9 Å². The second-order valence-corrected chi connectivity index (χ2v) is 7.43. The van der Waals surface area contributed by atoms with Gasteiger partial charge in [0.05, 0.1) is 29.3 Å². The maximum atomic E-state index is 12.9. The van der Waals surface area contributed by atoms with Crippen molar-refractivity contribution in [3.63, 3.8) is 0 Å². The van der Waals surface area contributed by atoms with Gasteiger partial charge < -0.3 is 15.0 Å². The van der Waals surface area contributed by atoms with Gasteiger partial charge in [-0.1, -0.05) is 0 Å². The molecule has 0 bridgehead atoms. The van der Waals surface area contributed by atoms with Crippen LogP contribution in [0.4, 0.5) is 17.2 Å². The van der Waals surface area contributed by atoms with Crippen molar-refractivity contribution in [2.45, 2.75) is 12.8 Å². The molecular weight excluding hydrogens is 412 g/mol. The number of ether oxygens (including phenoxy) is 1. The average molecular weight is 434 g/mol. The van der Waals surface area contributed by atoms with Crippen molar-refractivity contribution in [3.8, 4) is 17.0 Å². The number of benzene rings is 1. The molecule has 2 aromatic heterocycles. The Kier molecular flexibility index (Phi) is 6.20. The third-order valence-electron chi connectivity index (χ3n) is 5.39. The van der Waals surface area contributed by atoms with E-state index in [1.54, 1.807) is 12.4 Å². The maximum absolute atomic E-state index is 12.9. The molecule has 1 fully saturated rings. The van der Waals surface area contributed by atoms with Gasteiger partial charge in [0.1, 0.15) is 5.75 Å². The van der Waals surface area contributed by atoms with Crippen molar-refractivity contribution < 1.29 is 14.5 Å². The smallest absolute Gasteiger partial charge is 0.271 e. The molecule has 0 aliphatic carbocycles. The van der Waals surface area contributed by atoms with Crippen molar-refractivity contribution in [3.05, 3.63) is 65.0 Å². The van der Waals surface area contributed by atoms with Crippen LogP contribution >= 0.6 is 0 Å². The summed E-state index contributed by atoms with van der Waals surface area (Å²) in [4.78, 5) is 29.5. The lowest BCUT2D eigenvalue weighted by molar-refractivity contribution is -0.384. The fourth-order valence-corrected chi connectivity index (χ4v) is 3.71. The minimum absolute atomic E-state index is 0.115. The summed E-state index contributed by atoms with van der Waals surface area (Å²) in [6.07, 6.45) is 4.93. The minimum Gasteiger partial charge on any atom is -0.495 e. The van der Waals surface area contributed by atoms with Crippen molar-refractivity contribution in [1.29, 1.82) is 0 Å². The van der Waals surface area contributed by atoms with Crippen LogP contribution in [0.1, 0.15) is 12.8 Å². The Labute approximate surface area is 184 Å². The summed E-state index contributed by atoms with van der Waals surface area (Å²) in [5.74, 6) is 0.562. The van der Waals surface area contributed by atoms with Crippen LogP contribution < -0.4 is 15.0 Å². The summed E-state index contributed by atoms with van der Waals surface area (Å²) in [5, 5.41) is 22.5. The normalized spacial score (nSPS) is 15.8. The number of amides is 1. The monoisotopic (exact) mass is 434 g/mol. The molecule has 1 aliphatic heterocycles. The van der Waals surface area contributed by atoms with Crippen LogP contribution in [0.15, 0.2) is 54.9 Å². The largest absolute Gasteiger partial charge is 0.495 e. The van der Waals surface area contributed by atoms with Crippen molar-refractivity contribution in [2.75, 3.05) is 30.4 Å². The summed E-state index contributed by atoms with van der Waals surface area (Å²) in [6.45, 7) is 1.25. The highest BCUT2D eigenvalue weighted by Gasteiger charge is 2.28. The van der Waals surface area contributed by atoms with Crippen molar-refractivity contribution >= 4 is 23.1 Å². The second kappa shape index (κ2) is 9.38. The van der Waals surface area contributed by atoms with Crippen LogP contribution in [0.2, 0.25) is 0 Å². The van der Waals surface area contributed by atoms with E-state index in [0.29, 0.717) is 24.5 Å². The van der Waals surface area contributed by atoms with Gasteiger partial charge in [0.25, 0.3) is 5.69 Å². The quantitative estimate of drug-likeness (QED) is 0.463. The number of hydrogen-bond donors (Lipinski definition) is 1. The number of aromatic nitrogens is 3. The van der Waals surface area contributed by atoms with E-state index in [1.165, 1.54) is 25.3 Å². The summed E-state index contributed by atoms with van der Waals surface area (Å²) in [7, 11) is 1.45. The predicted octanol–water partition coefficient (Wildman–Crippen LogP) is 3.31. The first kappa shape index (κ1) is 21.2. The predicted molar refractivity (Wildman–Crippen MR) is 118 cm³/mol. The van der Waals surface area contributed by atoms with Gasteiger partial charge >= 0.3 is 0 Å². The molecule has 1 aromatic carbocycles. The summed E-state index contributed by atoms with van der Waals surface area (Å²) in [5.41, 5.74) is 1.85. The van der Waals surface area contributed by atoms with Crippen LogP contribution in [0.25, 0.3) is 11.3 Å². The van der Waals surface area contributed by atoms with E-state index in [-0.39, 0.29) is 23.2 Å². The molecule has 10 heteroatoms. The van der Waals surface area contributed by atoms with E-state index in [4.69, 9.17) is 4.74 Å². The van der Waals surface area contributed by atoms with Crippen LogP contribution in [0.3, 0.4) is 0 Å². The molecule has 0 radical (unpaired) electrons. The van der Waals surface area contributed by atoms with E-state index < -0.39 is 4.92 Å². The molecule has 3 aromatic rings. The fourth-order valence-electron chi connectivity index (χ4n) is 3.71. The molecule has 1 N–H and O–H groups in total. The van der Waals surface area contributed by atoms with Crippen molar-refractivity contribution in [2.24, 2.45) is 5.92 Å². The van der Waals surface area contributed by atoms with Crippen LogP contribution in [0.5, 0.6) is 5.75 Å². The molecular formula is C22H22N6O4. The van der Waals surface area contributed by atoms with E-state index in [0.717, 1.165) is 24.2 Å². The van der Waals surface area contributed by atoms with Crippen LogP contribution in [-0.4, -0.2) is 46.2 Å². The lowest BCUT2D eigenvalue weighted by atomic mass is 9.97. The Morgan fingerprint density at radius 3 is 2.69 bits per heavy atom. The molecule has 1 amide bonds. The van der Waals surface area contributed by atoms with Gasteiger partial charge in [0.2, 0.25) is 5.91 Å². The molecule has 1 saturated heterocycles. The summed E-state index contributed by atoms with van der Waals surface area (Å²) < 4.78 is 5.24. The molecule has 4 rings (SSSR count). The molecule has 1 atom stereocenters. The number of nitro benzene ring substituents is 1. The van der Waals surface area contributed by atoms with Gasteiger partial charge in [-0.15, -0.1) is 10.2 Å². The number of nitrogens with one attached hydrogen (secondary N) is 1. The molecule has 164 valence electrons. The summed E-state index contributed by atoms with van der Waals surface area (Å²) >= 11 is 0. The maximum Gasteiger partial charge on any atom is 0.271 e. The van der Waals surface area contributed by atoms with Gasteiger partial charge in [-0.2, -0.15) is 0 Å². The number of anilines is 2. The first-order valence-electron chi connectivity index (χ1n) is 10.2. The molecule has 10 nitrogen and oxygen atoms in total. The Morgan fingerprint density at radius 2 is 2.00 bits per heavy atom. The number of pyridine rings is 1. The molecule has 0 saturated carbocycles. The molecule has 1 aliphatic rings. The van der Waals surface area contributed by atoms with Gasteiger partial charge in [0.15, 0.2) is 5.82 Å². The number of nitro groups is 1. The lowest BCUT2D eigenvalue weighted by Gasteiger charge is -2.32. The molecule has 0 spiro atoms. The van der Waals surface area contributed by atoms with Crippen LogP contribution in [0, 0.1) is 16.0 Å². The Balaban J connectivity index is 1.45. The fraction of sp³-hybridized carbons (Fsp3) is 0.273. The zero-order valence-electron chi connectivity index (χ0n) is 17.5. The standard InChI is InChI=1S/C22H22N6O4/c1-32-20-6-4-17(28(30)31)13-19(20)24-22(29)16-3-2-12-27(14-16)21-7-5-18(25-26-21)15-8-10-23-11-9-15/h4-11,13,16H,2-3,12,14H2,1H3,(H,24,29). The number of carbonyl (C=O) groups is 1. The highest BCUT2D eigenvalue weighted by Crippen LogP contribution is 2.30. The number of nitrogens with zero attached hydrogens (tertiary/aromatic N) is 5. The van der Waals surface area contributed by atoms with E-state index >= 15 is 0 Å². The zero-order valence-corrected chi connectivity index (χ0v) is 17.5. The number of piperidine rings is 1. The second-order valence-electron chi connectivity index (χ2n) is 7.43. The van der Waals surface area contributed by atoms with E-state index in [2.05, 4.69) is 20.5 Å². The first-order valence-corrected chi connectivity index (χ1v) is 10.2. The zero-order chi connectivity index (χ0) is 22.5. The first-order chi connectivity index (χ1) is 15.5. The molecule has 1 unspecified atom stereocenters. The SMILES string of the molecule is COc1ccc([N+](=O)[O-])cc1NC(=O)C1CCCN(c2ccc(-c3ccncc3)nn2)C1. The lowest BCUT2D eigenvalue weighted by Crippen LogP contribution is -2.41. The van der Waals surface area contributed by atoms with Crippen molar-refractivity contribution in [1.82, 2.24) is 15.2 Å². The highest BCUT2D eigenvalue weighted by atomic mass is 16.6. The number of methoxy groups -OCH3 is 1. The Bertz CT molecular complexity index is 1110. The average Bonchev–Trinajstić information content (AvgIpc) is 2.84. The number of rotatable bonds is 6. The van der Waals surface area contributed by atoms with Crippen LogP contribution in [-0.2, 0) is 4.79 Å².